The third kappa shape index (κ3) is 3.65. The van der Waals surface area contributed by atoms with Crippen molar-refractivity contribution in [2.45, 2.75) is 6.92 Å². The highest BCUT2D eigenvalue weighted by Gasteiger charge is 2.12. The summed E-state index contributed by atoms with van der Waals surface area (Å²) in [6.07, 6.45) is 0. The molecule has 0 aliphatic rings. The Hall–Kier alpha value is -4.24. The maximum atomic E-state index is 12.3. The van der Waals surface area contributed by atoms with Crippen molar-refractivity contribution in [1.29, 1.82) is 0 Å². The smallest absolute Gasteiger partial charge is 0.345 e. The Balaban J connectivity index is 1.43. The largest absolute Gasteiger partial charge is 0.508 e. The zero-order valence-corrected chi connectivity index (χ0v) is 17.5. The van der Waals surface area contributed by atoms with E-state index in [0.29, 0.717) is 38.7 Å². The first-order chi connectivity index (χ1) is 15.5. The van der Waals surface area contributed by atoms with Gasteiger partial charge in [0.25, 0.3) is 0 Å². The normalized spacial score (nSPS) is 11.8. The number of hydrogen-bond acceptors (Lipinski definition) is 9. The number of para-hydroxylation sites is 1. The Bertz CT molecular complexity index is 1630. The number of thiazole rings is 1. The topological polar surface area (TPSA) is 118 Å². The van der Waals surface area contributed by atoms with Crippen molar-refractivity contribution in [3.8, 4) is 17.0 Å². The van der Waals surface area contributed by atoms with Crippen molar-refractivity contribution < 1.29 is 13.9 Å². The minimum absolute atomic E-state index is 0.0143. The van der Waals surface area contributed by atoms with Crippen molar-refractivity contribution in [3.05, 3.63) is 86.4 Å². The molecule has 8 nitrogen and oxygen atoms in total. The second kappa shape index (κ2) is 7.78. The summed E-state index contributed by atoms with van der Waals surface area (Å²) in [6.45, 7) is 1.66. The molecule has 0 saturated heterocycles. The zero-order valence-electron chi connectivity index (χ0n) is 16.7. The van der Waals surface area contributed by atoms with Gasteiger partial charge in [-0.15, -0.1) is 11.3 Å². The molecule has 9 heteroatoms. The molecular formula is C23H15N3O5S. The first-order valence-electron chi connectivity index (χ1n) is 9.54. The number of anilines is 1. The van der Waals surface area contributed by atoms with E-state index < -0.39 is 11.3 Å². The minimum atomic E-state index is -0.570. The van der Waals surface area contributed by atoms with Crippen LogP contribution in [0.25, 0.3) is 33.2 Å². The van der Waals surface area contributed by atoms with Gasteiger partial charge in [-0.05, 0) is 37.3 Å². The maximum absolute atomic E-state index is 12.3. The first kappa shape index (κ1) is 19.7. The van der Waals surface area contributed by atoms with E-state index in [0.717, 1.165) is 5.39 Å². The molecule has 0 bridgehead atoms. The lowest BCUT2D eigenvalue weighted by atomic mass is 10.1. The van der Waals surface area contributed by atoms with Crippen LogP contribution >= 0.6 is 11.3 Å². The van der Waals surface area contributed by atoms with E-state index in [-0.39, 0.29) is 11.3 Å². The van der Waals surface area contributed by atoms with Crippen molar-refractivity contribution in [2.24, 2.45) is 5.10 Å². The molecule has 2 aromatic carbocycles. The number of phenolic OH excluding ortho intramolecular Hbond substituents is 1. The maximum Gasteiger partial charge on any atom is 0.345 e. The van der Waals surface area contributed by atoms with Crippen LogP contribution in [0.2, 0.25) is 0 Å². The molecule has 3 heterocycles. The number of aromatic hydroxyl groups is 1. The molecule has 32 heavy (non-hydrogen) atoms. The first-order valence-corrected chi connectivity index (χ1v) is 10.4. The third-order valence-electron chi connectivity index (χ3n) is 4.85. The summed E-state index contributed by atoms with van der Waals surface area (Å²) in [5, 5.41) is 17.4. The van der Waals surface area contributed by atoms with Gasteiger partial charge in [-0.1, -0.05) is 18.2 Å². The number of fused-ring (bicyclic) bond motifs is 2. The predicted octanol–water partition coefficient (Wildman–Crippen LogP) is 4.56. The molecule has 0 radical (unpaired) electrons. The SMILES string of the molecule is C/C(=N/Nc1nc(-c2cc3ccccc3oc2=O)cs1)c1cc2ccc(O)cc2oc1=O. The van der Waals surface area contributed by atoms with Crippen molar-refractivity contribution in [2.75, 3.05) is 5.43 Å². The molecular weight excluding hydrogens is 430 g/mol. The molecule has 0 spiro atoms. The van der Waals surface area contributed by atoms with Crippen LogP contribution in [0.4, 0.5) is 5.13 Å². The van der Waals surface area contributed by atoms with Crippen LogP contribution in [0.1, 0.15) is 12.5 Å². The fourth-order valence-corrected chi connectivity index (χ4v) is 3.89. The number of phenols is 1. The molecule has 0 saturated carbocycles. The summed E-state index contributed by atoms with van der Waals surface area (Å²) in [7, 11) is 0. The highest BCUT2D eigenvalue weighted by atomic mass is 32.1. The molecule has 158 valence electrons. The van der Waals surface area contributed by atoms with Gasteiger partial charge in [0.05, 0.1) is 22.5 Å². The molecule has 5 aromatic rings. The Kier molecular flexibility index (Phi) is 4.79. The summed E-state index contributed by atoms with van der Waals surface area (Å²) in [6, 6.07) is 15.2. The van der Waals surface area contributed by atoms with E-state index in [1.807, 2.05) is 12.1 Å². The van der Waals surface area contributed by atoms with Crippen LogP contribution in [-0.2, 0) is 0 Å². The quantitative estimate of drug-likeness (QED) is 0.236. The van der Waals surface area contributed by atoms with Crippen LogP contribution in [0.15, 0.2) is 83.5 Å². The molecule has 0 fully saturated rings. The van der Waals surface area contributed by atoms with Gasteiger partial charge in [0.1, 0.15) is 16.9 Å². The third-order valence-corrected chi connectivity index (χ3v) is 5.60. The van der Waals surface area contributed by atoms with Crippen LogP contribution in [0.5, 0.6) is 5.75 Å². The van der Waals surface area contributed by atoms with E-state index in [2.05, 4.69) is 15.5 Å². The van der Waals surface area contributed by atoms with Crippen LogP contribution < -0.4 is 16.7 Å². The number of aromatic nitrogens is 1. The number of nitrogens with one attached hydrogen (secondary N) is 1. The molecule has 2 N–H and O–H groups in total. The van der Waals surface area contributed by atoms with Crippen molar-refractivity contribution in [3.63, 3.8) is 0 Å². The fourth-order valence-electron chi connectivity index (χ4n) is 3.23. The van der Waals surface area contributed by atoms with Gasteiger partial charge in [0.15, 0.2) is 0 Å². The highest BCUT2D eigenvalue weighted by molar-refractivity contribution is 7.14. The molecule has 0 aliphatic carbocycles. The second-order valence-electron chi connectivity index (χ2n) is 7.00. The monoisotopic (exact) mass is 445 g/mol. The van der Waals surface area contributed by atoms with E-state index in [1.165, 1.54) is 23.5 Å². The summed E-state index contributed by atoms with van der Waals surface area (Å²) >= 11 is 1.26. The molecule has 0 aliphatic heterocycles. The summed E-state index contributed by atoms with van der Waals surface area (Å²) in [5.74, 6) is 0.0143. The Morgan fingerprint density at radius 2 is 1.78 bits per heavy atom. The fraction of sp³-hybridized carbons (Fsp3) is 0.0435. The number of hydrazone groups is 1. The van der Waals surface area contributed by atoms with Crippen LogP contribution in [-0.4, -0.2) is 15.8 Å². The Labute approximate surface area is 184 Å². The van der Waals surface area contributed by atoms with E-state index in [4.69, 9.17) is 8.83 Å². The summed E-state index contributed by atoms with van der Waals surface area (Å²) in [4.78, 5) is 29.1. The lowest BCUT2D eigenvalue weighted by Gasteiger charge is -2.03. The van der Waals surface area contributed by atoms with E-state index in [9.17, 15) is 14.7 Å². The van der Waals surface area contributed by atoms with Crippen molar-refractivity contribution >= 4 is 44.1 Å². The van der Waals surface area contributed by atoms with E-state index in [1.54, 1.807) is 42.6 Å². The molecule has 5 rings (SSSR count). The molecule has 0 atom stereocenters. The summed E-state index contributed by atoms with van der Waals surface area (Å²) < 4.78 is 10.6. The minimum Gasteiger partial charge on any atom is -0.508 e. The highest BCUT2D eigenvalue weighted by Crippen LogP contribution is 2.25. The van der Waals surface area contributed by atoms with Gasteiger partial charge in [-0.2, -0.15) is 5.10 Å². The number of hydrogen-bond donors (Lipinski definition) is 2. The lowest BCUT2D eigenvalue weighted by molar-refractivity contribution is 0.473. The molecule has 0 unspecified atom stereocenters. The average Bonchev–Trinajstić information content (AvgIpc) is 3.25. The molecule has 3 aromatic heterocycles. The molecule has 0 amide bonds. The second-order valence-corrected chi connectivity index (χ2v) is 7.86. The number of nitrogens with zero attached hydrogens (tertiary/aromatic N) is 2. The van der Waals surface area contributed by atoms with Gasteiger partial charge in [0, 0.05) is 22.2 Å². The van der Waals surface area contributed by atoms with Gasteiger partial charge in [-0.3, -0.25) is 5.43 Å². The Morgan fingerprint density at radius 3 is 2.66 bits per heavy atom. The van der Waals surface area contributed by atoms with E-state index >= 15 is 0 Å². The van der Waals surface area contributed by atoms with Gasteiger partial charge < -0.3 is 13.9 Å². The standard InChI is InChI=1S/C23H15N3O5S/c1-12(16-8-14-6-7-15(27)10-20(14)31-21(16)28)25-26-23-24-18(11-32-23)17-9-13-4-2-3-5-19(13)30-22(17)29/h2-11,27H,1H3,(H,24,26)/b25-12-. The lowest BCUT2D eigenvalue weighted by Crippen LogP contribution is -2.13. The van der Waals surface area contributed by atoms with Crippen LogP contribution in [0.3, 0.4) is 0 Å². The number of benzene rings is 2. The van der Waals surface area contributed by atoms with Crippen LogP contribution in [0, 0.1) is 0 Å². The Morgan fingerprint density at radius 1 is 1.00 bits per heavy atom. The van der Waals surface area contributed by atoms with Gasteiger partial charge >= 0.3 is 11.3 Å². The van der Waals surface area contributed by atoms with Crippen molar-refractivity contribution in [1.82, 2.24) is 4.98 Å². The van der Waals surface area contributed by atoms with Gasteiger partial charge in [-0.25, -0.2) is 14.6 Å². The average molecular weight is 445 g/mol. The van der Waals surface area contributed by atoms with Gasteiger partial charge in [0.2, 0.25) is 5.13 Å². The number of rotatable bonds is 4. The predicted molar refractivity (Wildman–Crippen MR) is 124 cm³/mol. The zero-order chi connectivity index (χ0) is 22.2. The summed E-state index contributed by atoms with van der Waals surface area (Å²) in [5.41, 5.74) is 4.08.